The van der Waals surface area contributed by atoms with Crippen molar-refractivity contribution in [2.24, 2.45) is 0 Å². The molecule has 0 spiro atoms. The van der Waals surface area contributed by atoms with Crippen molar-refractivity contribution in [2.75, 3.05) is 25.0 Å². The number of benzene rings is 1. The van der Waals surface area contributed by atoms with Crippen LogP contribution in [0.15, 0.2) is 18.2 Å². The molecule has 1 saturated heterocycles. The number of likely N-dealkylation sites (N-methyl/N-ethyl adjacent to an activating group) is 1. The fraction of sp³-hybridized carbons (Fsp3) is 0.400. The summed E-state index contributed by atoms with van der Waals surface area (Å²) in [7, 11) is 1.45. The lowest BCUT2D eigenvalue weighted by Crippen LogP contribution is -2.40. The first kappa shape index (κ1) is 15.8. The average Bonchev–Trinajstić information content (AvgIpc) is 2.91. The van der Waals surface area contributed by atoms with E-state index in [1.165, 1.54) is 18.9 Å². The van der Waals surface area contributed by atoms with E-state index in [0.29, 0.717) is 29.9 Å². The molecule has 1 aromatic carbocycles. The lowest BCUT2D eigenvalue weighted by Gasteiger charge is -2.24. The third kappa shape index (κ3) is 2.74. The maximum Gasteiger partial charge on any atom is 0.326 e. The minimum atomic E-state index is -1.07. The quantitative estimate of drug-likeness (QED) is 0.870. The number of urea groups is 1. The van der Waals surface area contributed by atoms with E-state index < -0.39 is 12.0 Å². The zero-order valence-electron chi connectivity index (χ0n) is 12.8. The number of carboxylic acid groups (broad SMARTS) is 1. The zero-order valence-corrected chi connectivity index (χ0v) is 12.8. The SMILES string of the molecule is Cc1c(C(=O)N(C)[C@H](C)C(=O)O)cccc1N1CCNC1=O. The highest BCUT2D eigenvalue weighted by Gasteiger charge is 2.27. The molecule has 118 valence electrons. The summed E-state index contributed by atoms with van der Waals surface area (Å²) < 4.78 is 0. The summed E-state index contributed by atoms with van der Waals surface area (Å²) >= 11 is 0. The minimum absolute atomic E-state index is 0.194. The van der Waals surface area contributed by atoms with Crippen LogP contribution >= 0.6 is 0 Å². The number of carbonyl (C=O) groups excluding carboxylic acids is 2. The van der Waals surface area contributed by atoms with Gasteiger partial charge in [-0.15, -0.1) is 0 Å². The molecule has 0 aromatic heterocycles. The molecule has 0 aliphatic carbocycles. The first-order chi connectivity index (χ1) is 10.3. The first-order valence-electron chi connectivity index (χ1n) is 6.99. The Bertz CT molecular complexity index is 629. The Labute approximate surface area is 128 Å². The van der Waals surface area contributed by atoms with Crippen LogP contribution < -0.4 is 10.2 Å². The van der Waals surface area contributed by atoms with Gasteiger partial charge in [-0.05, 0) is 31.5 Å². The molecule has 22 heavy (non-hydrogen) atoms. The third-order valence-electron chi connectivity index (χ3n) is 3.94. The summed E-state index contributed by atoms with van der Waals surface area (Å²) in [5.41, 5.74) is 1.72. The molecule has 1 aliphatic heterocycles. The molecular weight excluding hydrogens is 286 g/mol. The highest BCUT2D eigenvalue weighted by Crippen LogP contribution is 2.25. The Balaban J connectivity index is 2.34. The van der Waals surface area contributed by atoms with Gasteiger partial charge in [0.05, 0.1) is 0 Å². The van der Waals surface area contributed by atoms with E-state index >= 15 is 0 Å². The van der Waals surface area contributed by atoms with Crippen LogP contribution in [0.5, 0.6) is 0 Å². The van der Waals surface area contributed by atoms with Crippen LogP contribution in [0.25, 0.3) is 0 Å². The fourth-order valence-corrected chi connectivity index (χ4v) is 2.38. The molecule has 1 atom stereocenters. The van der Waals surface area contributed by atoms with E-state index in [4.69, 9.17) is 5.11 Å². The van der Waals surface area contributed by atoms with Gasteiger partial charge in [-0.2, -0.15) is 0 Å². The molecule has 0 saturated carbocycles. The molecule has 2 rings (SSSR count). The Morgan fingerprint density at radius 1 is 1.41 bits per heavy atom. The number of carboxylic acids is 1. The Hall–Kier alpha value is -2.57. The number of anilines is 1. The van der Waals surface area contributed by atoms with Gasteiger partial charge in [0.1, 0.15) is 6.04 Å². The fourth-order valence-electron chi connectivity index (χ4n) is 2.38. The number of amides is 3. The Kier molecular flexibility index (Phi) is 4.35. The minimum Gasteiger partial charge on any atom is -0.480 e. The molecule has 1 fully saturated rings. The van der Waals surface area contributed by atoms with E-state index in [2.05, 4.69) is 5.32 Å². The predicted octanol–water partition coefficient (Wildman–Crippen LogP) is 1.07. The monoisotopic (exact) mass is 305 g/mol. The van der Waals surface area contributed by atoms with E-state index in [9.17, 15) is 14.4 Å². The molecule has 0 radical (unpaired) electrons. The smallest absolute Gasteiger partial charge is 0.326 e. The summed E-state index contributed by atoms with van der Waals surface area (Å²) in [6, 6.07) is 3.99. The van der Waals surface area contributed by atoms with E-state index in [1.807, 2.05) is 0 Å². The van der Waals surface area contributed by atoms with Gasteiger partial charge in [-0.25, -0.2) is 9.59 Å². The van der Waals surface area contributed by atoms with Crippen molar-refractivity contribution in [3.05, 3.63) is 29.3 Å². The van der Waals surface area contributed by atoms with Gasteiger partial charge in [0.25, 0.3) is 5.91 Å². The second-order valence-corrected chi connectivity index (χ2v) is 5.26. The molecule has 2 N–H and O–H groups in total. The molecule has 7 heteroatoms. The maximum absolute atomic E-state index is 12.5. The van der Waals surface area contributed by atoms with Gasteiger partial charge in [0.15, 0.2) is 0 Å². The predicted molar refractivity (Wildman–Crippen MR) is 81.1 cm³/mol. The molecular formula is C15H19N3O4. The van der Waals surface area contributed by atoms with Crippen molar-refractivity contribution < 1.29 is 19.5 Å². The molecule has 1 heterocycles. The van der Waals surface area contributed by atoms with E-state index in [1.54, 1.807) is 30.0 Å². The molecule has 1 aliphatic rings. The van der Waals surface area contributed by atoms with Crippen LogP contribution in [-0.4, -0.2) is 54.1 Å². The normalized spacial score (nSPS) is 15.4. The third-order valence-corrected chi connectivity index (χ3v) is 3.94. The van der Waals surface area contributed by atoms with Crippen LogP contribution in [0.4, 0.5) is 10.5 Å². The van der Waals surface area contributed by atoms with Crippen LogP contribution in [0.2, 0.25) is 0 Å². The van der Waals surface area contributed by atoms with Crippen LogP contribution in [0.1, 0.15) is 22.8 Å². The lowest BCUT2D eigenvalue weighted by molar-refractivity contribution is -0.141. The van der Waals surface area contributed by atoms with Gasteiger partial charge in [-0.3, -0.25) is 9.69 Å². The van der Waals surface area contributed by atoms with Gasteiger partial charge in [-0.1, -0.05) is 6.07 Å². The van der Waals surface area contributed by atoms with Gasteiger partial charge >= 0.3 is 12.0 Å². The molecule has 0 unspecified atom stereocenters. The number of nitrogens with zero attached hydrogens (tertiary/aromatic N) is 2. The van der Waals surface area contributed by atoms with Gasteiger partial charge < -0.3 is 15.3 Å². The zero-order chi connectivity index (χ0) is 16.4. The van der Waals surface area contributed by atoms with Crippen LogP contribution in [-0.2, 0) is 4.79 Å². The van der Waals surface area contributed by atoms with Crippen molar-refractivity contribution in [3.63, 3.8) is 0 Å². The molecule has 0 bridgehead atoms. The van der Waals surface area contributed by atoms with Gasteiger partial charge in [0.2, 0.25) is 0 Å². The summed E-state index contributed by atoms with van der Waals surface area (Å²) in [5.74, 6) is -1.45. The molecule has 7 nitrogen and oxygen atoms in total. The number of hydrogen-bond donors (Lipinski definition) is 2. The summed E-state index contributed by atoms with van der Waals surface area (Å²) in [6.07, 6.45) is 0. The standard InChI is InChI=1S/C15H19N3O4/c1-9-11(13(19)17(3)10(2)14(20)21)5-4-6-12(9)18-8-7-16-15(18)22/h4-6,10H,7-8H2,1-3H3,(H,16,22)(H,20,21)/t10-/m1/s1. The second kappa shape index (κ2) is 6.05. The molecule has 3 amide bonds. The van der Waals surface area contributed by atoms with Crippen molar-refractivity contribution in [1.82, 2.24) is 10.2 Å². The average molecular weight is 305 g/mol. The Morgan fingerprint density at radius 3 is 2.64 bits per heavy atom. The van der Waals surface area contributed by atoms with E-state index in [-0.39, 0.29) is 11.9 Å². The first-order valence-corrected chi connectivity index (χ1v) is 6.99. The number of rotatable bonds is 4. The van der Waals surface area contributed by atoms with Crippen LogP contribution in [0.3, 0.4) is 0 Å². The van der Waals surface area contributed by atoms with Gasteiger partial charge in [0, 0.05) is 31.4 Å². The topological polar surface area (TPSA) is 89.9 Å². The largest absolute Gasteiger partial charge is 0.480 e. The second-order valence-electron chi connectivity index (χ2n) is 5.26. The summed E-state index contributed by atoms with van der Waals surface area (Å²) in [6.45, 7) is 4.31. The molecule has 1 aromatic rings. The number of hydrogen-bond acceptors (Lipinski definition) is 3. The number of nitrogens with one attached hydrogen (secondary N) is 1. The van der Waals surface area contributed by atoms with Crippen molar-refractivity contribution in [2.45, 2.75) is 19.9 Å². The lowest BCUT2D eigenvalue weighted by atomic mass is 10.0. The summed E-state index contributed by atoms with van der Waals surface area (Å²) in [4.78, 5) is 38.1. The highest BCUT2D eigenvalue weighted by atomic mass is 16.4. The van der Waals surface area contributed by atoms with Crippen molar-refractivity contribution >= 4 is 23.6 Å². The number of aliphatic carboxylic acids is 1. The Morgan fingerprint density at radius 2 is 2.09 bits per heavy atom. The van der Waals surface area contributed by atoms with Crippen molar-refractivity contribution in [1.29, 1.82) is 0 Å². The van der Waals surface area contributed by atoms with Crippen LogP contribution in [0, 0.1) is 6.92 Å². The maximum atomic E-state index is 12.5. The van der Waals surface area contributed by atoms with E-state index in [0.717, 1.165) is 0 Å². The van der Waals surface area contributed by atoms with Crippen molar-refractivity contribution in [3.8, 4) is 0 Å². The number of carbonyl (C=O) groups is 3. The highest BCUT2D eigenvalue weighted by molar-refractivity contribution is 6.01. The summed E-state index contributed by atoms with van der Waals surface area (Å²) in [5, 5.41) is 11.7.